The number of anilines is 1. The van der Waals surface area contributed by atoms with Gasteiger partial charge in [0, 0.05) is 36.1 Å². The predicted molar refractivity (Wildman–Crippen MR) is 85.1 cm³/mol. The molecule has 4 heterocycles. The van der Waals surface area contributed by atoms with Crippen molar-refractivity contribution in [2.24, 2.45) is 5.92 Å². The number of aromatic nitrogens is 1. The first-order valence-electron chi connectivity index (χ1n) is 7.35. The fourth-order valence-corrected chi connectivity index (χ4v) is 4.27. The van der Waals surface area contributed by atoms with Gasteiger partial charge in [-0.05, 0) is 24.9 Å². The molecule has 0 saturated carbocycles. The van der Waals surface area contributed by atoms with Gasteiger partial charge in [-0.25, -0.2) is 4.98 Å². The van der Waals surface area contributed by atoms with Gasteiger partial charge >= 0.3 is 0 Å². The first-order valence-corrected chi connectivity index (χ1v) is 8.23. The summed E-state index contributed by atoms with van der Waals surface area (Å²) < 4.78 is 0.951. The Morgan fingerprint density at radius 1 is 1.45 bits per heavy atom. The van der Waals surface area contributed by atoms with Crippen LogP contribution in [0, 0.1) is 5.92 Å². The Morgan fingerprint density at radius 3 is 3.09 bits per heavy atom. The maximum absolute atomic E-state index is 12.4. The molecular formula is C15H16N4O2S. The minimum Gasteiger partial charge on any atom is -0.346 e. The van der Waals surface area contributed by atoms with E-state index in [0.29, 0.717) is 18.0 Å². The zero-order valence-corrected chi connectivity index (χ0v) is 12.7. The molecule has 2 aliphatic rings. The fourth-order valence-electron chi connectivity index (χ4n) is 3.42. The molecule has 2 amide bonds. The van der Waals surface area contributed by atoms with E-state index in [4.69, 9.17) is 0 Å². The number of nitrogens with zero attached hydrogens (tertiary/aromatic N) is 2. The van der Waals surface area contributed by atoms with Crippen LogP contribution in [0.4, 0.5) is 5.69 Å². The summed E-state index contributed by atoms with van der Waals surface area (Å²) in [6, 6.07) is 1.98. The van der Waals surface area contributed by atoms with Crippen LogP contribution >= 0.6 is 11.3 Å². The summed E-state index contributed by atoms with van der Waals surface area (Å²) in [5, 5.41) is 8.47. The number of carbonyl (C=O) groups excluding carboxylic acids is 2. The Morgan fingerprint density at radius 2 is 2.36 bits per heavy atom. The van der Waals surface area contributed by atoms with Crippen LogP contribution in [-0.2, 0) is 4.79 Å². The molecule has 0 radical (unpaired) electrons. The van der Waals surface area contributed by atoms with E-state index in [9.17, 15) is 9.59 Å². The number of thiophene rings is 1. The molecule has 7 heteroatoms. The van der Waals surface area contributed by atoms with Gasteiger partial charge in [-0.3, -0.25) is 9.59 Å². The maximum Gasteiger partial charge on any atom is 0.270 e. The van der Waals surface area contributed by atoms with Crippen molar-refractivity contribution in [3.05, 3.63) is 23.3 Å². The predicted octanol–water partition coefficient (Wildman–Crippen LogP) is 1.30. The maximum atomic E-state index is 12.4. The number of hydrogen-bond acceptors (Lipinski definition) is 5. The van der Waals surface area contributed by atoms with E-state index < -0.39 is 0 Å². The molecular weight excluding hydrogens is 300 g/mol. The van der Waals surface area contributed by atoms with E-state index >= 15 is 0 Å². The van der Waals surface area contributed by atoms with Crippen LogP contribution in [0.25, 0.3) is 10.1 Å². The van der Waals surface area contributed by atoms with Crippen LogP contribution in [0.2, 0.25) is 0 Å². The lowest BCUT2D eigenvalue weighted by Gasteiger charge is -2.22. The van der Waals surface area contributed by atoms with Crippen molar-refractivity contribution in [3.63, 3.8) is 0 Å². The highest BCUT2D eigenvalue weighted by atomic mass is 32.1. The Balaban J connectivity index is 1.56. The Kier molecular flexibility index (Phi) is 3.31. The van der Waals surface area contributed by atoms with Crippen molar-refractivity contribution in [3.8, 4) is 0 Å². The largest absolute Gasteiger partial charge is 0.346 e. The monoisotopic (exact) mass is 316 g/mol. The van der Waals surface area contributed by atoms with Crippen molar-refractivity contribution in [2.75, 3.05) is 25.0 Å². The SMILES string of the molecule is O=CNc1csc2cnc(C(=O)NC3CN4CCC3C4)cc12. The highest BCUT2D eigenvalue weighted by molar-refractivity contribution is 7.17. The molecule has 0 aliphatic carbocycles. The van der Waals surface area contributed by atoms with E-state index in [1.165, 1.54) is 11.3 Å². The number of amides is 2. The Hall–Kier alpha value is -1.99. The lowest BCUT2D eigenvalue weighted by molar-refractivity contribution is -0.105. The molecule has 2 aliphatic heterocycles. The minimum absolute atomic E-state index is 0.135. The molecule has 3 atom stereocenters. The van der Waals surface area contributed by atoms with E-state index in [1.807, 2.05) is 5.38 Å². The minimum atomic E-state index is -0.135. The normalized spacial score (nSPS) is 26.3. The molecule has 4 rings (SSSR count). The van der Waals surface area contributed by atoms with Crippen molar-refractivity contribution in [1.82, 2.24) is 15.2 Å². The average Bonchev–Trinajstić information content (AvgIpc) is 3.23. The van der Waals surface area contributed by atoms with Crippen LogP contribution in [0.15, 0.2) is 17.6 Å². The van der Waals surface area contributed by atoms with E-state index in [0.717, 1.165) is 41.8 Å². The van der Waals surface area contributed by atoms with Gasteiger partial charge in [-0.2, -0.15) is 0 Å². The number of carbonyl (C=O) groups is 2. The molecule has 2 saturated heterocycles. The van der Waals surface area contributed by atoms with Crippen LogP contribution in [-0.4, -0.2) is 47.9 Å². The molecule has 2 fully saturated rings. The molecule has 3 unspecified atom stereocenters. The van der Waals surface area contributed by atoms with Crippen molar-refractivity contribution in [2.45, 2.75) is 12.5 Å². The summed E-state index contributed by atoms with van der Waals surface area (Å²) in [4.78, 5) is 29.7. The number of fused-ring (bicyclic) bond motifs is 3. The third kappa shape index (κ3) is 2.26. The summed E-state index contributed by atoms with van der Waals surface area (Å²) in [5.41, 5.74) is 1.12. The average molecular weight is 316 g/mol. The Labute approximate surface area is 131 Å². The molecule has 22 heavy (non-hydrogen) atoms. The van der Waals surface area contributed by atoms with Crippen LogP contribution in [0.3, 0.4) is 0 Å². The van der Waals surface area contributed by atoms with Crippen molar-refractivity contribution >= 4 is 39.4 Å². The quantitative estimate of drug-likeness (QED) is 0.834. The lowest BCUT2D eigenvalue weighted by Crippen LogP contribution is -2.43. The highest BCUT2D eigenvalue weighted by Gasteiger charge is 2.38. The number of nitrogens with one attached hydrogen (secondary N) is 2. The summed E-state index contributed by atoms with van der Waals surface area (Å²) in [5.74, 6) is 0.435. The van der Waals surface area contributed by atoms with Gasteiger partial charge in [0.2, 0.25) is 6.41 Å². The molecule has 2 aromatic rings. The zero-order chi connectivity index (χ0) is 15.1. The van der Waals surface area contributed by atoms with E-state index in [1.54, 1.807) is 12.3 Å². The molecule has 2 bridgehead atoms. The van der Waals surface area contributed by atoms with Gasteiger partial charge in [-0.15, -0.1) is 11.3 Å². The summed E-state index contributed by atoms with van der Waals surface area (Å²) >= 11 is 1.49. The first-order chi connectivity index (χ1) is 10.7. The molecule has 0 spiro atoms. The number of rotatable bonds is 4. The lowest BCUT2D eigenvalue weighted by atomic mass is 10.00. The highest BCUT2D eigenvalue weighted by Crippen LogP contribution is 2.30. The smallest absolute Gasteiger partial charge is 0.270 e. The second-order valence-electron chi connectivity index (χ2n) is 5.87. The Bertz CT molecular complexity index is 744. The van der Waals surface area contributed by atoms with Gasteiger partial charge in [0.05, 0.1) is 10.4 Å². The molecule has 0 aromatic carbocycles. The second kappa shape index (κ2) is 5.33. The van der Waals surface area contributed by atoms with Gasteiger partial charge in [0.25, 0.3) is 5.91 Å². The van der Waals surface area contributed by atoms with E-state index in [2.05, 4.69) is 20.5 Å². The fraction of sp³-hybridized carbons (Fsp3) is 0.400. The van der Waals surface area contributed by atoms with E-state index in [-0.39, 0.29) is 11.9 Å². The van der Waals surface area contributed by atoms with Crippen molar-refractivity contribution in [1.29, 1.82) is 0 Å². The number of pyridine rings is 1. The van der Waals surface area contributed by atoms with Gasteiger partial charge in [-0.1, -0.05) is 0 Å². The number of piperidine rings is 1. The zero-order valence-electron chi connectivity index (χ0n) is 11.9. The molecule has 2 aromatic heterocycles. The van der Waals surface area contributed by atoms with Gasteiger partial charge in [0.1, 0.15) is 5.69 Å². The van der Waals surface area contributed by atoms with Crippen LogP contribution < -0.4 is 10.6 Å². The second-order valence-corrected chi connectivity index (χ2v) is 6.78. The molecule has 2 N–H and O–H groups in total. The topological polar surface area (TPSA) is 74.3 Å². The standard InChI is InChI=1S/C15H16N4O2S/c20-8-17-13-7-22-14-4-16-11(3-10(13)14)15(21)18-12-6-19-2-1-9(12)5-19/h3-4,7-9,12H,1-2,5-6H2,(H,17,20)(H,18,21). The van der Waals surface area contributed by atoms with Crippen molar-refractivity contribution < 1.29 is 9.59 Å². The third-order valence-corrected chi connectivity index (χ3v) is 5.49. The van der Waals surface area contributed by atoms with Gasteiger partial charge < -0.3 is 15.5 Å². The summed E-state index contributed by atoms with van der Waals surface area (Å²) in [6.07, 6.45) is 3.50. The van der Waals surface area contributed by atoms with Crippen LogP contribution in [0.1, 0.15) is 16.9 Å². The third-order valence-electron chi connectivity index (χ3n) is 4.56. The number of hydrogen-bond donors (Lipinski definition) is 2. The molecule has 114 valence electrons. The van der Waals surface area contributed by atoms with Gasteiger partial charge in [0.15, 0.2) is 0 Å². The molecule has 6 nitrogen and oxygen atoms in total. The first kappa shape index (κ1) is 13.7. The summed E-state index contributed by atoms with van der Waals surface area (Å²) in [6.45, 7) is 3.18. The van der Waals surface area contributed by atoms with Crippen LogP contribution in [0.5, 0.6) is 0 Å². The summed E-state index contributed by atoms with van der Waals surface area (Å²) in [7, 11) is 0.